The predicted octanol–water partition coefficient (Wildman–Crippen LogP) is 1.21. The van der Waals surface area contributed by atoms with Gasteiger partial charge in [0, 0.05) is 44.2 Å². The summed E-state index contributed by atoms with van der Waals surface area (Å²) in [5, 5.41) is 3.74. The fraction of sp³-hybridized carbons (Fsp3) is 0.714. The zero-order chi connectivity index (χ0) is 12.9. The van der Waals surface area contributed by atoms with E-state index >= 15 is 0 Å². The van der Waals surface area contributed by atoms with Crippen molar-refractivity contribution in [2.45, 2.75) is 37.8 Å². The number of hydrogen-bond donors (Lipinski definition) is 1. The number of hydrogen-bond acceptors (Lipinski definition) is 5. The van der Waals surface area contributed by atoms with Crippen molar-refractivity contribution in [3.8, 4) is 0 Å². The molecule has 2 fully saturated rings. The van der Waals surface area contributed by atoms with Crippen LogP contribution in [0.4, 0.5) is 5.95 Å². The number of aromatic nitrogens is 2. The van der Waals surface area contributed by atoms with Crippen molar-refractivity contribution in [2.75, 3.05) is 31.2 Å². The van der Waals surface area contributed by atoms with Gasteiger partial charge in [-0.2, -0.15) is 0 Å². The van der Waals surface area contributed by atoms with Crippen molar-refractivity contribution < 1.29 is 4.74 Å². The SMILES string of the molecule is c1cnc(N2CCC(NC3CCCOC3)CC2)nc1. The average Bonchev–Trinajstić information content (AvgIpc) is 2.50. The summed E-state index contributed by atoms with van der Waals surface area (Å²) in [7, 11) is 0. The molecule has 1 atom stereocenters. The Balaban J connectivity index is 1.46. The molecule has 0 radical (unpaired) electrons. The first-order chi connectivity index (χ1) is 9.42. The lowest BCUT2D eigenvalue weighted by atomic mass is 10.0. The maximum absolute atomic E-state index is 5.52. The monoisotopic (exact) mass is 262 g/mol. The molecule has 1 unspecified atom stereocenters. The van der Waals surface area contributed by atoms with E-state index in [1.807, 2.05) is 18.5 Å². The normalized spacial score (nSPS) is 25.5. The van der Waals surface area contributed by atoms with Crippen LogP contribution in [0.3, 0.4) is 0 Å². The summed E-state index contributed by atoms with van der Waals surface area (Å²) in [6.07, 6.45) is 8.39. The fourth-order valence-electron chi connectivity index (χ4n) is 2.91. The summed E-state index contributed by atoms with van der Waals surface area (Å²) < 4.78 is 5.52. The van der Waals surface area contributed by atoms with Crippen molar-refractivity contribution in [3.05, 3.63) is 18.5 Å². The first-order valence-electron chi connectivity index (χ1n) is 7.27. The molecule has 3 heterocycles. The predicted molar refractivity (Wildman–Crippen MR) is 74.2 cm³/mol. The van der Waals surface area contributed by atoms with Crippen molar-refractivity contribution in [3.63, 3.8) is 0 Å². The van der Waals surface area contributed by atoms with Crippen molar-refractivity contribution in [1.29, 1.82) is 0 Å². The highest BCUT2D eigenvalue weighted by molar-refractivity contribution is 5.29. The van der Waals surface area contributed by atoms with Gasteiger partial charge in [-0.25, -0.2) is 9.97 Å². The van der Waals surface area contributed by atoms with E-state index in [2.05, 4.69) is 20.2 Å². The van der Waals surface area contributed by atoms with E-state index < -0.39 is 0 Å². The van der Waals surface area contributed by atoms with Crippen molar-refractivity contribution in [1.82, 2.24) is 15.3 Å². The lowest BCUT2D eigenvalue weighted by Crippen LogP contribution is -2.48. The Morgan fingerprint density at radius 2 is 1.89 bits per heavy atom. The summed E-state index contributed by atoms with van der Waals surface area (Å²) in [5.74, 6) is 0.863. The Morgan fingerprint density at radius 1 is 1.11 bits per heavy atom. The molecule has 1 N–H and O–H groups in total. The molecule has 2 aliphatic heterocycles. The molecule has 104 valence electrons. The quantitative estimate of drug-likeness (QED) is 0.887. The molecule has 2 aliphatic rings. The molecule has 1 aromatic heterocycles. The maximum atomic E-state index is 5.52. The van der Waals surface area contributed by atoms with Gasteiger partial charge in [-0.1, -0.05) is 0 Å². The van der Waals surface area contributed by atoms with Gasteiger partial charge in [0.15, 0.2) is 0 Å². The number of ether oxygens (including phenoxy) is 1. The highest BCUT2D eigenvalue weighted by Crippen LogP contribution is 2.17. The van der Waals surface area contributed by atoms with Gasteiger partial charge in [0.2, 0.25) is 5.95 Å². The smallest absolute Gasteiger partial charge is 0.225 e. The highest BCUT2D eigenvalue weighted by atomic mass is 16.5. The van der Waals surface area contributed by atoms with E-state index in [1.165, 1.54) is 12.8 Å². The van der Waals surface area contributed by atoms with E-state index in [0.29, 0.717) is 12.1 Å². The van der Waals surface area contributed by atoms with Crippen LogP contribution in [0.2, 0.25) is 0 Å². The maximum Gasteiger partial charge on any atom is 0.225 e. The molecule has 0 aromatic carbocycles. The Labute approximate surface area is 114 Å². The molecule has 5 heteroatoms. The van der Waals surface area contributed by atoms with E-state index in [1.54, 1.807) is 0 Å². The van der Waals surface area contributed by atoms with Crippen LogP contribution in [-0.2, 0) is 4.74 Å². The van der Waals surface area contributed by atoms with Crippen LogP contribution in [0.15, 0.2) is 18.5 Å². The van der Waals surface area contributed by atoms with E-state index in [0.717, 1.165) is 45.1 Å². The van der Waals surface area contributed by atoms with E-state index in [9.17, 15) is 0 Å². The molecular weight excluding hydrogens is 240 g/mol. The summed E-state index contributed by atoms with van der Waals surface area (Å²) in [5.41, 5.74) is 0. The fourth-order valence-corrected chi connectivity index (χ4v) is 2.91. The minimum absolute atomic E-state index is 0.554. The first kappa shape index (κ1) is 12.8. The minimum Gasteiger partial charge on any atom is -0.380 e. The third-order valence-electron chi connectivity index (χ3n) is 3.96. The highest BCUT2D eigenvalue weighted by Gasteiger charge is 2.23. The van der Waals surface area contributed by atoms with Crippen molar-refractivity contribution in [2.24, 2.45) is 0 Å². The zero-order valence-electron chi connectivity index (χ0n) is 11.3. The van der Waals surface area contributed by atoms with Gasteiger partial charge in [-0.15, -0.1) is 0 Å². The number of anilines is 1. The largest absolute Gasteiger partial charge is 0.380 e. The molecule has 0 bridgehead atoms. The Hall–Kier alpha value is -1.20. The molecule has 0 spiro atoms. The van der Waals surface area contributed by atoms with Crippen LogP contribution >= 0.6 is 0 Å². The minimum atomic E-state index is 0.554. The van der Waals surface area contributed by atoms with Gasteiger partial charge in [0.1, 0.15) is 0 Å². The molecule has 2 saturated heterocycles. The molecule has 0 saturated carbocycles. The average molecular weight is 262 g/mol. The Morgan fingerprint density at radius 3 is 2.58 bits per heavy atom. The van der Waals surface area contributed by atoms with Crippen LogP contribution < -0.4 is 10.2 Å². The topological polar surface area (TPSA) is 50.3 Å². The number of piperidine rings is 1. The van der Waals surface area contributed by atoms with Gasteiger partial charge in [-0.05, 0) is 31.7 Å². The van der Waals surface area contributed by atoms with Gasteiger partial charge in [0.05, 0.1) is 6.61 Å². The Bertz CT molecular complexity index is 372. The number of nitrogens with zero attached hydrogens (tertiary/aromatic N) is 3. The molecule has 1 aromatic rings. The van der Waals surface area contributed by atoms with Crippen LogP contribution in [0.25, 0.3) is 0 Å². The van der Waals surface area contributed by atoms with Crippen LogP contribution in [0.1, 0.15) is 25.7 Å². The third kappa shape index (κ3) is 3.42. The summed E-state index contributed by atoms with van der Waals surface area (Å²) in [6, 6.07) is 3.03. The lowest BCUT2D eigenvalue weighted by Gasteiger charge is -2.35. The first-order valence-corrected chi connectivity index (χ1v) is 7.27. The molecular formula is C14H22N4O. The summed E-state index contributed by atoms with van der Waals surface area (Å²) >= 11 is 0. The van der Waals surface area contributed by atoms with Gasteiger partial charge < -0.3 is 15.0 Å². The van der Waals surface area contributed by atoms with Crippen molar-refractivity contribution >= 4 is 5.95 Å². The molecule has 19 heavy (non-hydrogen) atoms. The van der Waals surface area contributed by atoms with Gasteiger partial charge in [0.25, 0.3) is 0 Å². The lowest BCUT2D eigenvalue weighted by molar-refractivity contribution is 0.0650. The summed E-state index contributed by atoms with van der Waals surface area (Å²) in [4.78, 5) is 10.9. The molecule has 5 nitrogen and oxygen atoms in total. The second kappa shape index (κ2) is 6.30. The molecule has 0 aliphatic carbocycles. The third-order valence-corrected chi connectivity index (χ3v) is 3.96. The van der Waals surface area contributed by atoms with Gasteiger partial charge >= 0.3 is 0 Å². The molecule has 3 rings (SSSR count). The second-order valence-corrected chi connectivity index (χ2v) is 5.39. The standard InChI is InChI=1S/C14H22N4O/c1-3-13(11-19-10-1)17-12-4-8-18(9-5-12)14-15-6-2-7-16-14/h2,6-7,12-13,17H,1,3-5,8-11H2. The van der Waals surface area contributed by atoms with Crippen LogP contribution in [0, 0.1) is 0 Å². The van der Waals surface area contributed by atoms with Crippen LogP contribution in [-0.4, -0.2) is 48.4 Å². The van der Waals surface area contributed by atoms with Gasteiger partial charge in [-0.3, -0.25) is 0 Å². The number of nitrogens with one attached hydrogen (secondary N) is 1. The van der Waals surface area contributed by atoms with E-state index in [-0.39, 0.29) is 0 Å². The Kier molecular flexibility index (Phi) is 4.25. The molecule has 0 amide bonds. The summed E-state index contributed by atoms with van der Waals surface area (Å²) in [6.45, 7) is 3.88. The van der Waals surface area contributed by atoms with Crippen LogP contribution in [0.5, 0.6) is 0 Å². The zero-order valence-corrected chi connectivity index (χ0v) is 11.3. The number of rotatable bonds is 3. The second-order valence-electron chi connectivity index (χ2n) is 5.39. The van der Waals surface area contributed by atoms with E-state index in [4.69, 9.17) is 4.74 Å².